The van der Waals surface area contributed by atoms with E-state index in [4.69, 9.17) is 4.84 Å². The molecule has 5 nitrogen and oxygen atoms in total. The van der Waals surface area contributed by atoms with Gasteiger partial charge in [0.05, 0.1) is 23.5 Å². The summed E-state index contributed by atoms with van der Waals surface area (Å²) in [6, 6.07) is 0.438. The maximum absolute atomic E-state index is 5.94. The molecule has 0 amide bonds. The standard InChI is InChI=1S/C18H32N4O/c1-12(2)21(6)23-11-15-13-7-9-16-17(10-8-14(13)15)22(20-19-16)18(3,4)5/h12-15H,7-11H2,1-6H3. The van der Waals surface area contributed by atoms with E-state index in [2.05, 4.69) is 49.6 Å². The van der Waals surface area contributed by atoms with Gasteiger partial charge in [-0.15, -0.1) is 5.10 Å². The second-order valence-electron chi connectivity index (χ2n) is 8.57. The summed E-state index contributed by atoms with van der Waals surface area (Å²) in [5.74, 6) is 2.38. The van der Waals surface area contributed by atoms with Crippen LogP contribution in [-0.4, -0.2) is 39.8 Å². The monoisotopic (exact) mass is 320 g/mol. The topological polar surface area (TPSA) is 43.2 Å². The van der Waals surface area contributed by atoms with Crippen molar-refractivity contribution in [3.8, 4) is 0 Å². The molecule has 23 heavy (non-hydrogen) atoms. The van der Waals surface area contributed by atoms with E-state index in [-0.39, 0.29) is 5.54 Å². The number of nitrogens with zero attached hydrogens (tertiary/aromatic N) is 4. The van der Waals surface area contributed by atoms with E-state index < -0.39 is 0 Å². The van der Waals surface area contributed by atoms with Gasteiger partial charge in [-0.2, -0.15) is 5.06 Å². The number of hydrogen-bond donors (Lipinski definition) is 0. The number of rotatable bonds is 4. The first-order valence-corrected chi connectivity index (χ1v) is 9.08. The summed E-state index contributed by atoms with van der Waals surface area (Å²) in [6.45, 7) is 11.8. The van der Waals surface area contributed by atoms with Crippen molar-refractivity contribution in [2.75, 3.05) is 13.7 Å². The Labute approximate surface area is 140 Å². The molecule has 3 unspecified atom stereocenters. The molecule has 1 fully saturated rings. The molecule has 0 N–H and O–H groups in total. The minimum Gasteiger partial charge on any atom is -0.299 e. The second-order valence-corrected chi connectivity index (χ2v) is 8.57. The molecule has 2 aliphatic carbocycles. The maximum Gasteiger partial charge on any atom is 0.0859 e. The predicted octanol–water partition coefficient (Wildman–Crippen LogP) is 3.05. The normalized spacial score (nSPS) is 27.6. The summed E-state index contributed by atoms with van der Waals surface area (Å²) in [6.07, 6.45) is 4.67. The molecule has 5 heteroatoms. The van der Waals surface area contributed by atoms with Crippen LogP contribution in [0.25, 0.3) is 0 Å². The van der Waals surface area contributed by atoms with Crippen LogP contribution in [0.5, 0.6) is 0 Å². The molecule has 3 atom stereocenters. The summed E-state index contributed by atoms with van der Waals surface area (Å²) in [4.78, 5) is 5.94. The molecule has 2 aliphatic rings. The fourth-order valence-electron chi connectivity index (χ4n) is 3.90. The van der Waals surface area contributed by atoms with E-state index in [1.54, 1.807) is 0 Å². The van der Waals surface area contributed by atoms with Crippen molar-refractivity contribution in [3.63, 3.8) is 0 Å². The molecule has 3 rings (SSSR count). The van der Waals surface area contributed by atoms with Gasteiger partial charge in [0.1, 0.15) is 0 Å². The van der Waals surface area contributed by atoms with E-state index >= 15 is 0 Å². The molecule has 1 aromatic heterocycles. The van der Waals surface area contributed by atoms with E-state index in [0.717, 1.165) is 37.2 Å². The fraction of sp³-hybridized carbons (Fsp3) is 0.889. The van der Waals surface area contributed by atoms with Crippen molar-refractivity contribution < 1.29 is 4.84 Å². The summed E-state index contributed by atoms with van der Waals surface area (Å²) < 4.78 is 2.14. The summed E-state index contributed by atoms with van der Waals surface area (Å²) in [7, 11) is 2.03. The predicted molar refractivity (Wildman–Crippen MR) is 91.0 cm³/mol. The Morgan fingerprint density at radius 1 is 1.22 bits per heavy atom. The van der Waals surface area contributed by atoms with Crippen LogP contribution in [0.1, 0.15) is 58.8 Å². The zero-order chi connectivity index (χ0) is 16.8. The average Bonchev–Trinajstić information content (AvgIpc) is 2.91. The molecule has 0 saturated heterocycles. The summed E-state index contributed by atoms with van der Waals surface area (Å²) >= 11 is 0. The van der Waals surface area contributed by atoms with Gasteiger partial charge in [-0.25, -0.2) is 4.68 Å². The summed E-state index contributed by atoms with van der Waals surface area (Å²) in [5.41, 5.74) is 2.61. The molecular formula is C18H32N4O. The number of hydroxylamine groups is 2. The zero-order valence-electron chi connectivity index (χ0n) is 15.5. The molecule has 0 spiro atoms. The van der Waals surface area contributed by atoms with Crippen LogP contribution in [0.4, 0.5) is 0 Å². The molecule has 130 valence electrons. The fourth-order valence-corrected chi connectivity index (χ4v) is 3.90. The minimum absolute atomic E-state index is 0.0191. The first kappa shape index (κ1) is 16.9. The Morgan fingerprint density at radius 2 is 1.87 bits per heavy atom. The molecule has 0 aliphatic heterocycles. The first-order valence-electron chi connectivity index (χ1n) is 9.08. The third-order valence-electron chi connectivity index (χ3n) is 5.61. The molecule has 0 radical (unpaired) electrons. The van der Waals surface area contributed by atoms with Gasteiger partial charge in [-0.05, 0) is 78.1 Å². The van der Waals surface area contributed by atoms with Crippen LogP contribution in [-0.2, 0) is 23.2 Å². The molecule has 1 aromatic rings. The van der Waals surface area contributed by atoms with E-state index in [1.165, 1.54) is 24.2 Å². The van der Waals surface area contributed by atoms with Crippen LogP contribution < -0.4 is 0 Å². The highest BCUT2D eigenvalue weighted by Gasteiger charge is 2.50. The second kappa shape index (κ2) is 6.17. The van der Waals surface area contributed by atoms with Gasteiger partial charge < -0.3 is 0 Å². The third-order valence-corrected chi connectivity index (χ3v) is 5.61. The SMILES string of the molecule is CC(C)N(C)OCC1C2CCc3nnn(C(C)(C)C)c3CCC21. The average molecular weight is 320 g/mol. The molecule has 0 aromatic carbocycles. The number of hydrogen-bond acceptors (Lipinski definition) is 4. The zero-order valence-corrected chi connectivity index (χ0v) is 15.5. The Balaban J connectivity index is 1.62. The van der Waals surface area contributed by atoms with Crippen molar-refractivity contribution in [1.29, 1.82) is 0 Å². The van der Waals surface area contributed by atoms with Gasteiger partial charge in [0, 0.05) is 13.1 Å². The summed E-state index contributed by atoms with van der Waals surface area (Å²) in [5, 5.41) is 10.9. The number of aryl methyl sites for hydroxylation is 1. The highest BCUT2D eigenvalue weighted by atomic mass is 16.7. The Hall–Kier alpha value is -0.940. The van der Waals surface area contributed by atoms with Gasteiger partial charge in [0.2, 0.25) is 0 Å². The van der Waals surface area contributed by atoms with Crippen LogP contribution in [0.15, 0.2) is 0 Å². The lowest BCUT2D eigenvalue weighted by atomic mass is 10.00. The molecule has 1 heterocycles. The molecule has 1 saturated carbocycles. The first-order chi connectivity index (χ1) is 10.8. The van der Waals surface area contributed by atoms with Crippen molar-refractivity contribution in [2.45, 2.75) is 71.9 Å². The van der Waals surface area contributed by atoms with Crippen LogP contribution in [0.2, 0.25) is 0 Å². The lowest BCUT2D eigenvalue weighted by Crippen LogP contribution is -2.27. The van der Waals surface area contributed by atoms with Crippen molar-refractivity contribution in [1.82, 2.24) is 20.1 Å². The highest BCUT2D eigenvalue weighted by molar-refractivity contribution is 5.16. The van der Waals surface area contributed by atoms with Gasteiger partial charge in [0.15, 0.2) is 0 Å². The van der Waals surface area contributed by atoms with E-state index in [1.807, 2.05) is 12.1 Å². The lowest BCUT2D eigenvalue weighted by molar-refractivity contribution is -0.165. The van der Waals surface area contributed by atoms with Gasteiger partial charge >= 0.3 is 0 Å². The number of fused-ring (bicyclic) bond motifs is 2. The lowest BCUT2D eigenvalue weighted by Gasteiger charge is -2.22. The van der Waals surface area contributed by atoms with Crippen LogP contribution in [0, 0.1) is 17.8 Å². The Bertz CT molecular complexity index is 546. The van der Waals surface area contributed by atoms with E-state index in [0.29, 0.717) is 6.04 Å². The largest absolute Gasteiger partial charge is 0.299 e. The van der Waals surface area contributed by atoms with Crippen LogP contribution >= 0.6 is 0 Å². The highest BCUT2D eigenvalue weighted by Crippen LogP contribution is 2.53. The van der Waals surface area contributed by atoms with Crippen molar-refractivity contribution >= 4 is 0 Å². The Morgan fingerprint density at radius 3 is 2.48 bits per heavy atom. The van der Waals surface area contributed by atoms with Crippen molar-refractivity contribution in [3.05, 3.63) is 11.4 Å². The van der Waals surface area contributed by atoms with Gasteiger partial charge in [0.25, 0.3) is 0 Å². The third kappa shape index (κ3) is 3.45. The quantitative estimate of drug-likeness (QED) is 0.800. The molecular weight excluding hydrogens is 288 g/mol. The minimum atomic E-state index is 0.0191. The smallest absolute Gasteiger partial charge is 0.0859 e. The van der Waals surface area contributed by atoms with Crippen LogP contribution in [0.3, 0.4) is 0 Å². The van der Waals surface area contributed by atoms with Gasteiger partial charge in [-0.1, -0.05) is 5.21 Å². The number of aromatic nitrogens is 3. The van der Waals surface area contributed by atoms with Gasteiger partial charge in [-0.3, -0.25) is 4.84 Å². The maximum atomic E-state index is 5.94. The molecule has 0 bridgehead atoms. The van der Waals surface area contributed by atoms with Crippen molar-refractivity contribution in [2.24, 2.45) is 17.8 Å². The van der Waals surface area contributed by atoms with E-state index in [9.17, 15) is 0 Å². The Kier molecular flexibility index (Phi) is 4.53.